The van der Waals surface area contributed by atoms with Crippen LogP contribution in [0, 0.1) is 0 Å². The van der Waals surface area contributed by atoms with Crippen molar-refractivity contribution in [3.63, 3.8) is 0 Å². The third-order valence-electron chi connectivity index (χ3n) is 9.67. The Hall–Kier alpha value is -6.59. The molecule has 0 radical (unpaired) electrons. The average molecular weight is 659 g/mol. The van der Waals surface area contributed by atoms with E-state index >= 15 is 0 Å². The molecule has 2 aromatic heterocycles. The van der Waals surface area contributed by atoms with Gasteiger partial charge in [0, 0.05) is 32.8 Å². The lowest BCUT2D eigenvalue weighted by Crippen LogP contribution is -2.08. The number of para-hydroxylation sites is 2. The number of nitrogens with zero attached hydrogens (tertiary/aromatic N) is 4. The van der Waals surface area contributed by atoms with Gasteiger partial charge >= 0.3 is 0 Å². The molecule has 6 aromatic carbocycles. The van der Waals surface area contributed by atoms with Gasteiger partial charge in [-0.15, -0.1) is 0 Å². The molecule has 0 N–H and O–H groups in total. The topological polar surface area (TPSA) is 55.1 Å². The summed E-state index contributed by atoms with van der Waals surface area (Å²) in [4.78, 5) is 14.6. The number of aromatic nitrogens is 1. The molecule has 0 aliphatic heterocycles. The molecule has 0 amide bonds. The van der Waals surface area contributed by atoms with Crippen LogP contribution in [0.2, 0.25) is 0 Å². The number of fused-ring (bicyclic) bond motifs is 6. The molecular weight excluding hydrogens is 625 g/mol. The summed E-state index contributed by atoms with van der Waals surface area (Å²) in [7, 11) is 0. The average Bonchev–Trinajstić information content (AvgIpc) is 3.73. The highest BCUT2D eigenvalue weighted by molar-refractivity contribution is 6.15. The zero-order valence-corrected chi connectivity index (χ0v) is 28.0. The maximum Gasteiger partial charge on any atom is 0.157 e. The van der Waals surface area contributed by atoms with Crippen molar-refractivity contribution in [2.24, 2.45) is 15.0 Å². The van der Waals surface area contributed by atoms with Crippen LogP contribution >= 0.6 is 0 Å². The number of aliphatic imine (C=N–C) groups is 3. The van der Waals surface area contributed by atoms with Crippen LogP contribution in [0.4, 0.5) is 0 Å². The predicted octanol–water partition coefficient (Wildman–Crippen LogP) is 11.5. The Bertz CT molecular complexity index is 2670. The molecule has 8 aromatic rings. The molecule has 1 aliphatic carbocycles. The number of rotatable bonds is 6. The summed E-state index contributed by atoms with van der Waals surface area (Å²) >= 11 is 0. The summed E-state index contributed by atoms with van der Waals surface area (Å²) in [6, 6.07) is 50.5. The van der Waals surface area contributed by atoms with Gasteiger partial charge in [0.15, 0.2) is 11.7 Å². The van der Waals surface area contributed by atoms with E-state index in [4.69, 9.17) is 14.4 Å². The molecule has 0 atom stereocenters. The van der Waals surface area contributed by atoms with Crippen LogP contribution < -0.4 is 0 Å². The van der Waals surface area contributed by atoms with E-state index in [0.717, 1.165) is 57.2 Å². The number of hydrogen-bond acceptors (Lipinski definition) is 2. The van der Waals surface area contributed by atoms with E-state index in [2.05, 4.69) is 144 Å². The van der Waals surface area contributed by atoms with E-state index in [9.17, 15) is 0 Å². The van der Waals surface area contributed by atoms with Crippen molar-refractivity contribution in [3.8, 4) is 5.69 Å². The second-order valence-corrected chi connectivity index (χ2v) is 12.8. The summed E-state index contributed by atoms with van der Waals surface area (Å²) in [6.07, 6.45) is 6.18. The minimum absolute atomic E-state index is 0.485. The van der Waals surface area contributed by atoms with Crippen molar-refractivity contribution in [3.05, 3.63) is 180 Å². The van der Waals surface area contributed by atoms with Gasteiger partial charge in [-0.1, -0.05) is 109 Å². The highest BCUT2D eigenvalue weighted by atomic mass is 16.3. The number of amidine groups is 2. The quantitative estimate of drug-likeness (QED) is 0.130. The maximum atomic E-state index is 6.50. The fourth-order valence-electron chi connectivity index (χ4n) is 7.20. The van der Waals surface area contributed by atoms with E-state index in [1.54, 1.807) is 0 Å². The molecule has 51 heavy (non-hydrogen) atoms. The lowest BCUT2D eigenvalue weighted by molar-refractivity contribution is 0.669. The molecule has 5 heteroatoms. The fourth-order valence-corrected chi connectivity index (χ4v) is 7.20. The molecule has 0 unspecified atom stereocenters. The van der Waals surface area contributed by atoms with Crippen LogP contribution in [0.15, 0.2) is 183 Å². The largest absolute Gasteiger partial charge is 0.456 e. The molecule has 0 saturated heterocycles. The molecule has 2 heterocycles. The van der Waals surface area contributed by atoms with Crippen LogP contribution in [0.1, 0.15) is 29.5 Å². The molecular formula is C46H34N4O. The van der Waals surface area contributed by atoms with Crippen molar-refractivity contribution in [2.75, 3.05) is 0 Å². The van der Waals surface area contributed by atoms with Gasteiger partial charge in [0.05, 0.1) is 17.6 Å². The van der Waals surface area contributed by atoms with Crippen LogP contribution in [-0.4, -0.2) is 23.0 Å². The second kappa shape index (κ2) is 13.0. The monoisotopic (exact) mass is 658 g/mol. The van der Waals surface area contributed by atoms with Crippen LogP contribution in [-0.2, 0) is 6.54 Å². The molecule has 0 bridgehead atoms. The smallest absolute Gasteiger partial charge is 0.157 e. The van der Waals surface area contributed by atoms with Gasteiger partial charge < -0.3 is 8.98 Å². The van der Waals surface area contributed by atoms with Gasteiger partial charge in [0.25, 0.3) is 0 Å². The minimum atomic E-state index is 0.485. The van der Waals surface area contributed by atoms with Crippen molar-refractivity contribution in [2.45, 2.75) is 19.4 Å². The fraction of sp³-hybridized carbons (Fsp3) is 0.0652. The highest BCUT2D eigenvalue weighted by Crippen LogP contribution is 2.36. The first-order valence-electron chi connectivity index (χ1n) is 17.3. The standard InChI is InChI=1S/C46H34N4O/c1-47-45(34-18-12-17-33(27-34)32-15-6-3-7-16-32)49-46(48-30-31-13-4-2-5-14-31)35-23-25-39-40-29-36(24-26-43(40)51-44(39)28-35)50-41-21-10-8-19-37(41)38-20-9-11-22-42(38)50/h2-11,13-17,19-29H,1,12,18,30H2/b48-46-,49-45-. The first-order chi connectivity index (χ1) is 25.2. The number of hydrogen-bond donors (Lipinski definition) is 0. The Kier molecular flexibility index (Phi) is 7.78. The number of benzene rings is 6. The van der Waals surface area contributed by atoms with Crippen molar-refractivity contribution < 1.29 is 4.42 Å². The third-order valence-corrected chi connectivity index (χ3v) is 9.67. The van der Waals surface area contributed by atoms with E-state index in [1.165, 1.54) is 32.9 Å². The summed E-state index contributed by atoms with van der Waals surface area (Å²) in [6.45, 7) is 4.41. The zero-order valence-electron chi connectivity index (χ0n) is 28.0. The van der Waals surface area contributed by atoms with Gasteiger partial charge in [-0.05, 0) is 90.4 Å². The normalized spacial score (nSPS) is 14.0. The summed E-state index contributed by atoms with van der Waals surface area (Å²) in [5.41, 5.74) is 10.4. The molecule has 0 spiro atoms. The van der Waals surface area contributed by atoms with E-state index in [0.29, 0.717) is 18.2 Å². The van der Waals surface area contributed by atoms with E-state index in [1.807, 2.05) is 30.3 Å². The Morgan fingerprint density at radius 3 is 2.10 bits per heavy atom. The highest BCUT2D eigenvalue weighted by Gasteiger charge is 2.17. The van der Waals surface area contributed by atoms with E-state index in [-0.39, 0.29) is 0 Å². The van der Waals surface area contributed by atoms with Crippen LogP contribution in [0.25, 0.3) is 55.0 Å². The summed E-state index contributed by atoms with van der Waals surface area (Å²) in [5, 5.41) is 4.57. The Morgan fingerprint density at radius 2 is 1.35 bits per heavy atom. The first-order valence-corrected chi connectivity index (χ1v) is 17.3. The van der Waals surface area contributed by atoms with Crippen LogP contribution in [0.3, 0.4) is 0 Å². The molecule has 0 saturated carbocycles. The van der Waals surface area contributed by atoms with Crippen LogP contribution in [0.5, 0.6) is 0 Å². The van der Waals surface area contributed by atoms with E-state index < -0.39 is 0 Å². The number of allylic oxidation sites excluding steroid dienone is 3. The lowest BCUT2D eigenvalue weighted by atomic mass is 9.94. The van der Waals surface area contributed by atoms with Crippen molar-refractivity contribution in [1.82, 2.24) is 4.57 Å². The molecule has 1 aliphatic rings. The van der Waals surface area contributed by atoms with Crippen molar-refractivity contribution in [1.29, 1.82) is 0 Å². The zero-order chi connectivity index (χ0) is 34.1. The first kappa shape index (κ1) is 30.5. The predicted molar refractivity (Wildman–Crippen MR) is 213 cm³/mol. The van der Waals surface area contributed by atoms with Gasteiger partial charge in [-0.25, -0.2) is 9.98 Å². The Labute approximate surface area is 295 Å². The van der Waals surface area contributed by atoms with Crippen molar-refractivity contribution >= 4 is 67.7 Å². The molecule has 0 fully saturated rings. The maximum absolute atomic E-state index is 6.50. The lowest BCUT2D eigenvalue weighted by Gasteiger charge is -2.14. The third kappa shape index (κ3) is 5.69. The summed E-state index contributed by atoms with van der Waals surface area (Å²) < 4.78 is 8.83. The second-order valence-electron chi connectivity index (χ2n) is 12.8. The Balaban J connectivity index is 1.14. The van der Waals surface area contributed by atoms with Gasteiger partial charge in [-0.2, -0.15) is 0 Å². The SMILES string of the molecule is C=N/C(=N\C(=N/Cc1ccccc1)c1ccc2c(c1)oc1ccc(-n3c4ccccc4c4ccccc43)cc12)C1=CC(c2ccccc2)=CCC1. The molecule has 9 rings (SSSR count). The van der Waals surface area contributed by atoms with Gasteiger partial charge in [0.1, 0.15) is 11.2 Å². The minimum Gasteiger partial charge on any atom is -0.456 e. The molecule has 244 valence electrons. The number of furan rings is 1. The molecule has 5 nitrogen and oxygen atoms in total. The van der Waals surface area contributed by atoms with Gasteiger partial charge in [0.2, 0.25) is 0 Å². The summed E-state index contributed by atoms with van der Waals surface area (Å²) in [5.74, 6) is 1.18. The Morgan fingerprint density at radius 1 is 0.647 bits per heavy atom. The van der Waals surface area contributed by atoms with Gasteiger partial charge in [-0.3, -0.25) is 4.99 Å².